The third-order valence-electron chi connectivity index (χ3n) is 2.57. The van der Waals surface area contributed by atoms with Crippen molar-refractivity contribution in [3.05, 3.63) is 23.8 Å². The van der Waals surface area contributed by atoms with Crippen LogP contribution in [0.1, 0.15) is 24.8 Å². The topological polar surface area (TPSA) is 127 Å². The van der Waals surface area contributed by atoms with E-state index in [0.29, 0.717) is 11.3 Å². The van der Waals surface area contributed by atoms with Crippen molar-refractivity contribution in [3.63, 3.8) is 0 Å². The number of benzene rings is 1. The van der Waals surface area contributed by atoms with E-state index in [4.69, 9.17) is 10.2 Å². The zero-order chi connectivity index (χ0) is 15.3. The van der Waals surface area contributed by atoms with Crippen LogP contribution in [0, 0.1) is 6.92 Å². The summed E-state index contributed by atoms with van der Waals surface area (Å²) in [5, 5.41) is 16.0. The first-order valence-corrected chi connectivity index (χ1v) is 7.40. The molecule has 1 rings (SSSR count). The Labute approximate surface area is 116 Å². The number of anilines is 1. The van der Waals surface area contributed by atoms with Gasteiger partial charge in [-0.3, -0.25) is 9.59 Å². The second kappa shape index (κ2) is 6.49. The second-order valence-electron chi connectivity index (χ2n) is 4.32. The van der Waals surface area contributed by atoms with Gasteiger partial charge >= 0.3 is 5.97 Å². The highest BCUT2D eigenvalue weighted by molar-refractivity contribution is 7.89. The molecule has 0 atom stereocenters. The number of nitrogens with one attached hydrogen (secondary N) is 1. The van der Waals surface area contributed by atoms with Crippen LogP contribution in [0.15, 0.2) is 23.1 Å². The highest BCUT2D eigenvalue weighted by atomic mass is 32.2. The van der Waals surface area contributed by atoms with Crippen LogP contribution in [0.5, 0.6) is 0 Å². The average molecular weight is 300 g/mol. The lowest BCUT2D eigenvalue weighted by Crippen LogP contribution is -2.16. The molecule has 0 saturated carbocycles. The molecule has 0 aliphatic carbocycles. The van der Waals surface area contributed by atoms with Crippen LogP contribution in [0.2, 0.25) is 0 Å². The molecule has 7 nitrogen and oxygen atoms in total. The Balaban J connectivity index is 2.74. The predicted molar refractivity (Wildman–Crippen MR) is 72.7 cm³/mol. The number of nitrogens with two attached hydrogens (primary N) is 1. The largest absolute Gasteiger partial charge is 0.481 e. The number of hydrogen-bond donors (Lipinski definition) is 3. The van der Waals surface area contributed by atoms with Crippen LogP contribution in [-0.4, -0.2) is 25.4 Å². The quantitative estimate of drug-likeness (QED) is 0.717. The Bertz CT molecular complexity index is 625. The molecule has 0 spiro atoms. The number of hydrogen-bond acceptors (Lipinski definition) is 4. The Morgan fingerprint density at radius 1 is 1.30 bits per heavy atom. The lowest BCUT2D eigenvalue weighted by atomic mass is 10.2. The van der Waals surface area contributed by atoms with E-state index in [2.05, 4.69) is 5.32 Å². The van der Waals surface area contributed by atoms with Crippen molar-refractivity contribution in [2.45, 2.75) is 31.1 Å². The Hall–Kier alpha value is -1.93. The average Bonchev–Trinajstić information content (AvgIpc) is 2.29. The molecule has 0 bridgehead atoms. The van der Waals surface area contributed by atoms with Crippen molar-refractivity contribution in [1.82, 2.24) is 0 Å². The molecule has 0 heterocycles. The lowest BCUT2D eigenvalue weighted by molar-refractivity contribution is -0.137. The summed E-state index contributed by atoms with van der Waals surface area (Å²) in [6.45, 7) is 1.60. The van der Waals surface area contributed by atoms with Crippen molar-refractivity contribution in [2.75, 3.05) is 5.32 Å². The van der Waals surface area contributed by atoms with E-state index in [1.54, 1.807) is 13.0 Å². The molecule has 1 aromatic rings. The summed E-state index contributed by atoms with van der Waals surface area (Å²) < 4.78 is 22.7. The maximum Gasteiger partial charge on any atom is 0.303 e. The number of amides is 1. The maximum absolute atomic E-state index is 11.6. The SMILES string of the molecule is Cc1ccc(NC(=O)CCCC(=O)O)cc1S(N)(=O)=O. The molecule has 0 radical (unpaired) electrons. The molecule has 0 aromatic heterocycles. The van der Waals surface area contributed by atoms with Gasteiger partial charge in [0.25, 0.3) is 0 Å². The van der Waals surface area contributed by atoms with E-state index < -0.39 is 16.0 Å². The number of carboxylic acids is 1. The van der Waals surface area contributed by atoms with E-state index in [0.717, 1.165) is 0 Å². The number of primary sulfonamides is 1. The Kier molecular flexibility index (Phi) is 5.23. The van der Waals surface area contributed by atoms with Crippen molar-refractivity contribution in [2.24, 2.45) is 5.14 Å². The number of aliphatic carboxylic acids is 1. The highest BCUT2D eigenvalue weighted by Crippen LogP contribution is 2.19. The Morgan fingerprint density at radius 3 is 2.50 bits per heavy atom. The number of sulfonamides is 1. The van der Waals surface area contributed by atoms with Crippen LogP contribution >= 0.6 is 0 Å². The lowest BCUT2D eigenvalue weighted by Gasteiger charge is -2.08. The highest BCUT2D eigenvalue weighted by Gasteiger charge is 2.13. The third-order valence-corrected chi connectivity index (χ3v) is 3.63. The molecule has 0 unspecified atom stereocenters. The molecule has 0 aliphatic heterocycles. The van der Waals surface area contributed by atoms with Gasteiger partial charge in [-0.2, -0.15) is 0 Å². The smallest absolute Gasteiger partial charge is 0.303 e. The number of carboxylic acid groups (broad SMARTS) is 1. The Morgan fingerprint density at radius 2 is 1.95 bits per heavy atom. The van der Waals surface area contributed by atoms with E-state index in [9.17, 15) is 18.0 Å². The summed E-state index contributed by atoms with van der Waals surface area (Å²) >= 11 is 0. The van der Waals surface area contributed by atoms with Crippen molar-refractivity contribution >= 4 is 27.6 Å². The van der Waals surface area contributed by atoms with Gasteiger partial charge in [-0.15, -0.1) is 0 Å². The van der Waals surface area contributed by atoms with Gasteiger partial charge in [0.1, 0.15) is 0 Å². The second-order valence-corrected chi connectivity index (χ2v) is 5.85. The monoisotopic (exact) mass is 300 g/mol. The standard InChI is InChI=1S/C12H16N2O5S/c1-8-5-6-9(7-10(8)20(13,18)19)14-11(15)3-2-4-12(16)17/h5-7H,2-4H2,1H3,(H,14,15)(H,16,17)(H2,13,18,19). The van der Waals surface area contributed by atoms with Crippen molar-refractivity contribution < 1.29 is 23.1 Å². The van der Waals surface area contributed by atoms with Crippen LogP contribution in [0.4, 0.5) is 5.69 Å². The zero-order valence-corrected chi connectivity index (χ0v) is 11.7. The molecule has 1 aromatic carbocycles. The minimum atomic E-state index is -3.85. The van der Waals surface area contributed by atoms with Crippen LogP contribution in [0.25, 0.3) is 0 Å². The molecule has 8 heteroatoms. The van der Waals surface area contributed by atoms with E-state index in [1.165, 1.54) is 12.1 Å². The van der Waals surface area contributed by atoms with Crippen LogP contribution in [-0.2, 0) is 19.6 Å². The first kappa shape index (κ1) is 16.1. The first-order chi connectivity index (χ1) is 9.20. The van der Waals surface area contributed by atoms with E-state index >= 15 is 0 Å². The molecule has 0 aliphatic rings. The van der Waals surface area contributed by atoms with Gasteiger partial charge in [0.2, 0.25) is 15.9 Å². The van der Waals surface area contributed by atoms with Gasteiger partial charge in [0, 0.05) is 18.5 Å². The van der Waals surface area contributed by atoms with Crippen molar-refractivity contribution in [1.29, 1.82) is 0 Å². The van der Waals surface area contributed by atoms with Gasteiger partial charge in [-0.05, 0) is 31.0 Å². The summed E-state index contributed by atoms with van der Waals surface area (Å²) in [7, 11) is -3.85. The summed E-state index contributed by atoms with van der Waals surface area (Å²) in [5.41, 5.74) is 0.788. The fourth-order valence-electron chi connectivity index (χ4n) is 1.61. The maximum atomic E-state index is 11.6. The molecule has 0 fully saturated rings. The summed E-state index contributed by atoms with van der Waals surface area (Å²) in [5.74, 6) is -1.35. The van der Waals surface area contributed by atoms with Gasteiger partial charge in [0.15, 0.2) is 0 Å². The van der Waals surface area contributed by atoms with Crippen LogP contribution in [0.3, 0.4) is 0 Å². The predicted octanol–water partition coefficient (Wildman–Crippen LogP) is 0.836. The van der Waals surface area contributed by atoms with Gasteiger partial charge in [-0.1, -0.05) is 6.07 Å². The molecule has 4 N–H and O–H groups in total. The summed E-state index contributed by atoms with van der Waals surface area (Å²) in [6.07, 6.45) is 0.170. The van der Waals surface area contributed by atoms with E-state index in [1.807, 2.05) is 0 Å². The van der Waals surface area contributed by atoms with Gasteiger partial charge < -0.3 is 10.4 Å². The number of aryl methyl sites for hydroxylation is 1. The fourth-order valence-corrected chi connectivity index (χ4v) is 2.42. The van der Waals surface area contributed by atoms with Gasteiger partial charge in [-0.25, -0.2) is 13.6 Å². The number of carbonyl (C=O) groups is 2. The number of rotatable bonds is 6. The zero-order valence-electron chi connectivity index (χ0n) is 10.9. The normalized spacial score (nSPS) is 11.1. The molecule has 0 saturated heterocycles. The summed E-state index contributed by atoms with van der Waals surface area (Å²) in [6, 6.07) is 4.37. The van der Waals surface area contributed by atoms with Gasteiger partial charge in [0.05, 0.1) is 4.90 Å². The molecular weight excluding hydrogens is 284 g/mol. The minimum absolute atomic E-state index is 0.0465. The molecule has 1 amide bonds. The molecule has 20 heavy (non-hydrogen) atoms. The summed E-state index contributed by atoms with van der Waals surface area (Å²) in [4.78, 5) is 21.8. The fraction of sp³-hybridized carbons (Fsp3) is 0.333. The minimum Gasteiger partial charge on any atom is -0.481 e. The van der Waals surface area contributed by atoms with E-state index in [-0.39, 0.29) is 30.1 Å². The van der Waals surface area contributed by atoms with Crippen LogP contribution < -0.4 is 10.5 Å². The van der Waals surface area contributed by atoms with Crippen molar-refractivity contribution in [3.8, 4) is 0 Å². The molecular formula is C12H16N2O5S. The first-order valence-electron chi connectivity index (χ1n) is 5.85. The third kappa shape index (κ3) is 4.98. The number of carbonyl (C=O) groups excluding carboxylic acids is 1. The molecule has 110 valence electrons.